The zero-order chi connectivity index (χ0) is 9.60. The highest BCUT2D eigenvalue weighted by atomic mass is 15.3. The second-order valence-electron chi connectivity index (χ2n) is 5.13. The van der Waals surface area contributed by atoms with Gasteiger partial charge in [-0.3, -0.25) is 9.89 Å². The minimum atomic E-state index is 0.528. The summed E-state index contributed by atoms with van der Waals surface area (Å²) in [5.41, 5.74) is 0.528. The molecule has 2 fully saturated rings. The summed E-state index contributed by atoms with van der Waals surface area (Å²) in [6, 6.07) is 0.566. The van der Waals surface area contributed by atoms with Crippen LogP contribution in [0.15, 0.2) is 4.99 Å². The normalized spacial score (nSPS) is 42.8. The molecule has 0 aromatic heterocycles. The molecule has 3 rings (SSSR count). The maximum atomic E-state index is 4.26. The second-order valence-corrected chi connectivity index (χ2v) is 5.13. The Hall–Kier alpha value is -0.410. The summed E-state index contributed by atoms with van der Waals surface area (Å²) in [6.07, 6.45) is 6.26. The van der Waals surface area contributed by atoms with Crippen molar-refractivity contribution >= 4 is 6.21 Å². The average molecular weight is 193 g/mol. The van der Waals surface area contributed by atoms with E-state index in [2.05, 4.69) is 28.1 Å². The van der Waals surface area contributed by atoms with Crippen molar-refractivity contribution in [2.24, 2.45) is 4.99 Å². The van der Waals surface area contributed by atoms with Crippen molar-refractivity contribution in [2.75, 3.05) is 33.2 Å². The molecule has 3 nitrogen and oxygen atoms in total. The largest absolute Gasteiger partial charge is 0.304 e. The highest BCUT2D eigenvalue weighted by molar-refractivity contribution is 5.78. The van der Waals surface area contributed by atoms with Crippen molar-refractivity contribution in [1.82, 2.24) is 9.80 Å². The van der Waals surface area contributed by atoms with Gasteiger partial charge in [0.05, 0.1) is 6.04 Å². The summed E-state index contributed by atoms with van der Waals surface area (Å²) in [5.74, 6) is 0. The lowest BCUT2D eigenvalue weighted by molar-refractivity contribution is 0.147. The third-order valence-corrected chi connectivity index (χ3v) is 4.03. The van der Waals surface area contributed by atoms with Gasteiger partial charge in [0.1, 0.15) is 0 Å². The Bertz CT molecular complexity index is 257. The Balaban J connectivity index is 1.69. The highest BCUT2D eigenvalue weighted by Crippen LogP contribution is 2.37. The molecule has 0 aromatic rings. The van der Waals surface area contributed by atoms with Crippen LogP contribution in [0.25, 0.3) is 0 Å². The summed E-state index contributed by atoms with van der Waals surface area (Å²) in [6.45, 7) is 5.04. The predicted octanol–water partition coefficient (Wildman–Crippen LogP) is 0.609. The molecule has 3 aliphatic heterocycles. The van der Waals surface area contributed by atoms with Crippen molar-refractivity contribution in [3.63, 3.8) is 0 Å². The smallest absolute Gasteiger partial charge is 0.0969 e. The molecule has 14 heavy (non-hydrogen) atoms. The Morgan fingerprint density at radius 2 is 2.29 bits per heavy atom. The third kappa shape index (κ3) is 1.39. The first-order valence-corrected chi connectivity index (χ1v) is 5.75. The third-order valence-electron chi connectivity index (χ3n) is 4.03. The van der Waals surface area contributed by atoms with Crippen LogP contribution in [0.3, 0.4) is 0 Å². The van der Waals surface area contributed by atoms with E-state index < -0.39 is 0 Å². The van der Waals surface area contributed by atoms with Crippen molar-refractivity contribution in [2.45, 2.75) is 30.8 Å². The van der Waals surface area contributed by atoms with Gasteiger partial charge in [-0.15, -0.1) is 0 Å². The first-order chi connectivity index (χ1) is 6.78. The molecule has 2 saturated heterocycles. The molecular weight excluding hydrogens is 174 g/mol. The molecule has 3 heterocycles. The summed E-state index contributed by atoms with van der Waals surface area (Å²) in [4.78, 5) is 9.44. The first kappa shape index (κ1) is 8.86. The van der Waals surface area contributed by atoms with Gasteiger partial charge in [0.15, 0.2) is 0 Å². The van der Waals surface area contributed by atoms with E-state index in [9.17, 15) is 0 Å². The standard InChI is InChI=1S/C11H19N3/c1-13-6-4-11(9-13)3-2-5-14(11)8-10-7-12-10/h7,10H,2-6,8-9H2,1H3. The van der Waals surface area contributed by atoms with Crippen LogP contribution in [0.2, 0.25) is 0 Å². The van der Waals surface area contributed by atoms with E-state index in [-0.39, 0.29) is 0 Å². The van der Waals surface area contributed by atoms with Gasteiger partial charge in [-0.2, -0.15) is 0 Å². The molecule has 0 saturated carbocycles. The monoisotopic (exact) mass is 193 g/mol. The van der Waals surface area contributed by atoms with E-state index in [0.29, 0.717) is 11.6 Å². The van der Waals surface area contributed by atoms with Crippen molar-refractivity contribution in [3.05, 3.63) is 0 Å². The Morgan fingerprint density at radius 1 is 1.43 bits per heavy atom. The number of hydrogen-bond donors (Lipinski definition) is 0. The van der Waals surface area contributed by atoms with Crippen LogP contribution in [-0.2, 0) is 0 Å². The van der Waals surface area contributed by atoms with Gasteiger partial charge in [0, 0.05) is 24.8 Å². The maximum absolute atomic E-state index is 4.26. The Labute approximate surface area is 85.8 Å². The second kappa shape index (κ2) is 3.04. The van der Waals surface area contributed by atoms with E-state index in [0.717, 1.165) is 0 Å². The topological polar surface area (TPSA) is 18.8 Å². The number of hydrogen-bond acceptors (Lipinski definition) is 3. The molecule has 78 valence electrons. The summed E-state index contributed by atoms with van der Waals surface area (Å²) >= 11 is 0. The molecule has 3 heteroatoms. The predicted molar refractivity (Wildman–Crippen MR) is 57.9 cm³/mol. The van der Waals surface area contributed by atoms with Crippen LogP contribution < -0.4 is 0 Å². The molecular formula is C11H19N3. The lowest BCUT2D eigenvalue weighted by atomic mass is 9.95. The number of aliphatic imine (C=N–C) groups is 1. The lowest BCUT2D eigenvalue weighted by Crippen LogP contribution is -2.47. The molecule has 0 radical (unpaired) electrons. The fraction of sp³-hybridized carbons (Fsp3) is 0.909. The number of likely N-dealkylation sites (N-methyl/N-ethyl adjacent to an activating group) is 1. The molecule has 0 aliphatic carbocycles. The molecule has 1 spiro atoms. The fourth-order valence-electron chi connectivity index (χ4n) is 3.18. The lowest BCUT2D eigenvalue weighted by Gasteiger charge is -2.34. The molecule has 0 N–H and O–H groups in total. The van der Waals surface area contributed by atoms with Crippen molar-refractivity contribution in [3.8, 4) is 0 Å². The van der Waals surface area contributed by atoms with Crippen LogP contribution in [-0.4, -0.2) is 60.8 Å². The SMILES string of the molecule is CN1CCC2(CCCN2CC2C=N2)C1. The highest BCUT2D eigenvalue weighted by Gasteiger charge is 2.45. The maximum Gasteiger partial charge on any atom is 0.0969 e. The van der Waals surface area contributed by atoms with Crippen LogP contribution in [0.5, 0.6) is 0 Å². The van der Waals surface area contributed by atoms with E-state index >= 15 is 0 Å². The van der Waals surface area contributed by atoms with E-state index in [1.807, 2.05) is 0 Å². The van der Waals surface area contributed by atoms with Gasteiger partial charge in [-0.25, -0.2) is 0 Å². The van der Waals surface area contributed by atoms with Gasteiger partial charge < -0.3 is 4.90 Å². The Kier molecular flexibility index (Phi) is 1.92. The zero-order valence-corrected chi connectivity index (χ0v) is 8.95. The van der Waals surface area contributed by atoms with E-state index in [1.165, 1.54) is 45.4 Å². The quantitative estimate of drug-likeness (QED) is 0.640. The number of likely N-dealkylation sites (tertiary alicyclic amines) is 2. The molecule has 0 bridgehead atoms. The van der Waals surface area contributed by atoms with E-state index in [1.54, 1.807) is 0 Å². The van der Waals surface area contributed by atoms with Gasteiger partial charge >= 0.3 is 0 Å². The fourth-order valence-corrected chi connectivity index (χ4v) is 3.18. The van der Waals surface area contributed by atoms with E-state index in [4.69, 9.17) is 0 Å². The Morgan fingerprint density at radius 3 is 2.93 bits per heavy atom. The van der Waals surface area contributed by atoms with Gasteiger partial charge in [-0.1, -0.05) is 0 Å². The minimum Gasteiger partial charge on any atom is -0.304 e. The molecule has 2 atom stereocenters. The van der Waals surface area contributed by atoms with Crippen LogP contribution in [0.1, 0.15) is 19.3 Å². The zero-order valence-electron chi connectivity index (χ0n) is 8.95. The molecule has 0 amide bonds. The van der Waals surface area contributed by atoms with Crippen LogP contribution in [0, 0.1) is 0 Å². The van der Waals surface area contributed by atoms with Crippen molar-refractivity contribution in [1.29, 1.82) is 0 Å². The van der Waals surface area contributed by atoms with Crippen LogP contribution in [0.4, 0.5) is 0 Å². The van der Waals surface area contributed by atoms with Gasteiger partial charge in [0.2, 0.25) is 0 Å². The summed E-state index contributed by atoms with van der Waals surface area (Å²) in [7, 11) is 2.25. The molecule has 2 unspecified atom stereocenters. The van der Waals surface area contributed by atoms with Gasteiger partial charge in [-0.05, 0) is 39.4 Å². The summed E-state index contributed by atoms with van der Waals surface area (Å²) < 4.78 is 0. The van der Waals surface area contributed by atoms with Crippen LogP contribution >= 0.6 is 0 Å². The number of nitrogens with zero attached hydrogens (tertiary/aromatic N) is 3. The summed E-state index contributed by atoms with van der Waals surface area (Å²) in [5, 5.41) is 0. The first-order valence-electron chi connectivity index (χ1n) is 5.75. The molecule has 0 aromatic carbocycles. The minimum absolute atomic E-state index is 0.528. The number of rotatable bonds is 2. The van der Waals surface area contributed by atoms with Crippen molar-refractivity contribution < 1.29 is 0 Å². The average Bonchev–Trinajstić information content (AvgIpc) is 2.78. The molecule has 3 aliphatic rings. The van der Waals surface area contributed by atoms with Gasteiger partial charge in [0.25, 0.3) is 0 Å².